The molecule has 3 aliphatic rings. The van der Waals surface area contributed by atoms with Gasteiger partial charge in [0.15, 0.2) is 5.96 Å². The minimum atomic E-state index is 0. The third-order valence-electron chi connectivity index (χ3n) is 5.64. The van der Waals surface area contributed by atoms with Crippen molar-refractivity contribution in [2.24, 2.45) is 22.1 Å². The first-order chi connectivity index (χ1) is 10.2. The van der Waals surface area contributed by atoms with E-state index in [1.807, 2.05) is 0 Å². The Hall–Kier alpha value is -0.0800. The summed E-state index contributed by atoms with van der Waals surface area (Å²) < 4.78 is 11.5. The van der Waals surface area contributed by atoms with Crippen LogP contribution >= 0.6 is 24.0 Å². The quantitative estimate of drug-likeness (QED) is 0.405. The Morgan fingerprint density at radius 3 is 2.68 bits per heavy atom. The van der Waals surface area contributed by atoms with Crippen molar-refractivity contribution in [2.45, 2.75) is 57.6 Å². The highest BCUT2D eigenvalue weighted by Crippen LogP contribution is 2.50. The molecule has 0 radical (unpaired) electrons. The zero-order valence-electron chi connectivity index (χ0n) is 13.6. The number of nitrogens with zero attached hydrogens (tertiary/aromatic N) is 1. The molecule has 1 aliphatic heterocycles. The topological polar surface area (TPSA) is 68.9 Å². The van der Waals surface area contributed by atoms with E-state index in [0.29, 0.717) is 18.1 Å². The number of halogens is 1. The average molecular weight is 423 g/mol. The second-order valence-electron chi connectivity index (χ2n) is 6.75. The van der Waals surface area contributed by atoms with E-state index in [4.69, 9.17) is 15.2 Å². The molecule has 2 unspecified atom stereocenters. The Balaban J connectivity index is 0.00000176. The van der Waals surface area contributed by atoms with Gasteiger partial charge in [-0.3, -0.25) is 4.99 Å². The van der Waals surface area contributed by atoms with Crippen molar-refractivity contribution in [2.75, 3.05) is 26.4 Å². The second kappa shape index (κ2) is 8.15. The summed E-state index contributed by atoms with van der Waals surface area (Å²) in [6.45, 7) is 5.41. The zero-order valence-corrected chi connectivity index (χ0v) is 15.9. The smallest absolute Gasteiger partial charge is 0.188 e. The van der Waals surface area contributed by atoms with Crippen molar-refractivity contribution >= 4 is 29.9 Å². The molecule has 5 nitrogen and oxygen atoms in total. The van der Waals surface area contributed by atoms with Gasteiger partial charge in [0.1, 0.15) is 0 Å². The molecule has 2 atom stereocenters. The highest BCUT2D eigenvalue weighted by Gasteiger charge is 2.56. The van der Waals surface area contributed by atoms with Gasteiger partial charge in [-0.2, -0.15) is 0 Å². The van der Waals surface area contributed by atoms with Crippen LogP contribution in [-0.2, 0) is 9.47 Å². The maximum absolute atomic E-state index is 6.09. The number of hydrogen-bond acceptors (Lipinski definition) is 3. The summed E-state index contributed by atoms with van der Waals surface area (Å²) in [6, 6.07) is 0.392. The summed E-state index contributed by atoms with van der Waals surface area (Å²) in [5.41, 5.74) is 6.29. The molecule has 3 N–H and O–H groups in total. The summed E-state index contributed by atoms with van der Waals surface area (Å²) in [7, 11) is 0. The molecule has 6 heteroatoms. The minimum Gasteiger partial charge on any atom is -0.381 e. The lowest BCUT2D eigenvalue weighted by atomic mass is 9.57. The normalized spacial score (nSPS) is 31.0. The first-order valence-corrected chi connectivity index (χ1v) is 8.50. The molecule has 3 rings (SSSR count). The maximum Gasteiger partial charge on any atom is 0.188 e. The fourth-order valence-electron chi connectivity index (χ4n) is 3.93. The molecule has 128 valence electrons. The van der Waals surface area contributed by atoms with Crippen LogP contribution in [0.25, 0.3) is 0 Å². The van der Waals surface area contributed by atoms with Crippen molar-refractivity contribution in [1.29, 1.82) is 0 Å². The lowest BCUT2D eigenvalue weighted by Crippen LogP contribution is -2.67. The van der Waals surface area contributed by atoms with E-state index in [2.05, 4.69) is 17.2 Å². The van der Waals surface area contributed by atoms with Gasteiger partial charge >= 0.3 is 0 Å². The Morgan fingerprint density at radius 2 is 2.09 bits per heavy atom. The van der Waals surface area contributed by atoms with Crippen LogP contribution in [0.1, 0.15) is 45.4 Å². The third kappa shape index (κ3) is 3.70. The first kappa shape index (κ1) is 18.3. The molecule has 1 heterocycles. The molecule has 1 saturated heterocycles. The number of hydrogen-bond donors (Lipinski definition) is 2. The van der Waals surface area contributed by atoms with Crippen LogP contribution in [0.2, 0.25) is 0 Å². The molecule has 22 heavy (non-hydrogen) atoms. The van der Waals surface area contributed by atoms with E-state index < -0.39 is 0 Å². The van der Waals surface area contributed by atoms with E-state index in [-0.39, 0.29) is 29.4 Å². The van der Waals surface area contributed by atoms with Gasteiger partial charge in [-0.15, -0.1) is 24.0 Å². The molecule has 0 amide bonds. The van der Waals surface area contributed by atoms with Crippen LogP contribution in [0.4, 0.5) is 0 Å². The molecule has 0 aromatic rings. The first-order valence-electron chi connectivity index (χ1n) is 8.50. The van der Waals surface area contributed by atoms with Gasteiger partial charge < -0.3 is 20.5 Å². The van der Waals surface area contributed by atoms with E-state index in [1.165, 1.54) is 19.3 Å². The predicted molar refractivity (Wildman–Crippen MR) is 98.7 cm³/mol. The standard InChI is InChI=1S/C16H29N3O2.HI/c1-2-21-14-10-13(16(14)6-8-20-9-7-16)19-15(17)18-11-12-4-3-5-12;/h12-14H,2-11H2,1H3,(H3,17,18,19);1H. The SMILES string of the molecule is CCOC1CC(NC(N)=NCC2CCC2)C12CCOCC2.I. The monoisotopic (exact) mass is 423 g/mol. The Morgan fingerprint density at radius 1 is 1.36 bits per heavy atom. The zero-order chi connectivity index (χ0) is 14.7. The van der Waals surface area contributed by atoms with Crippen molar-refractivity contribution < 1.29 is 9.47 Å². The molecule has 0 aromatic carbocycles. The summed E-state index contributed by atoms with van der Waals surface area (Å²) in [5.74, 6) is 1.38. The molecule has 0 aromatic heterocycles. The number of aliphatic imine (C=N–C) groups is 1. The van der Waals surface area contributed by atoms with Crippen LogP contribution < -0.4 is 11.1 Å². The Kier molecular flexibility index (Phi) is 6.76. The molecular formula is C16H30IN3O2. The van der Waals surface area contributed by atoms with Crippen molar-refractivity contribution in [3.8, 4) is 0 Å². The Labute approximate surface area is 150 Å². The largest absolute Gasteiger partial charge is 0.381 e. The van der Waals surface area contributed by atoms with Crippen LogP contribution in [0.3, 0.4) is 0 Å². The van der Waals surface area contributed by atoms with Gasteiger partial charge in [-0.1, -0.05) is 6.42 Å². The fourth-order valence-corrected chi connectivity index (χ4v) is 3.93. The van der Waals surface area contributed by atoms with Crippen LogP contribution in [-0.4, -0.2) is 44.5 Å². The van der Waals surface area contributed by atoms with Gasteiger partial charge in [-0.25, -0.2) is 0 Å². The second-order valence-corrected chi connectivity index (χ2v) is 6.75. The van der Waals surface area contributed by atoms with Gasteiger partial charge in [0.25, 0.3) is 0 Å². The fraction of sp³-hybridized carbons (Fsp3) is 0.938. The van der Waals surface area contributed by atoms with E-state index >= 15 is 0 Å². The van der Waals surface area contributed by atoms with E-state index in [1.54, 1.807) is 0 Å². The van der Waals surface area contributed by atoms with Crippen molar-refractivity contribution in [1.82, 2.24) is 5.32 Å². The van der Waals surface area contributed by atoms with Gasteiger partial charge in [-0.05, 0) is 44.9 Å². The molecule has 3 fully saturated rings. The third-order valence-corrected chi connectivity index (χ3v) is 5.64. The summed E-state index contributed by atoms with van der Waals surface area (Å²) in [4.78, 5) is 4.53. The van der Waals surface area contributed by atoms with Gasteiger partial charge in [0, 0.05) is 37.8 Å². The van der Waals surface area contributed by atoms with Crippen molar-refractivity contribution in [3.63, 3.8) is 0 Å². The molecule has 2 aliphatic carbocycles. The van der Waals surface area contributed by atoms with E-state index in [0.717, 1.165) is 51.5 Å². The lowest BCUT2D eigenvalue weighted by Gasteiger charge is -2.57. The predicted octanol–water partition coefficient (Wildman–Crippen LogP) is 2.28. The van der Waals surface area contributed by atoms with E-state index in [9.17, 15) is 0 Å². The summed E-state index contributed by atoms with van der Waals surface area (Å²) in [5, 5.41) is 3.46. The maximum atomic E-state index is 6.09. The van der Waals surface area contributed by atoms with Crippen LogP contribution in [0.15, 0.2) is 4.99 Å². The summed E-state index contributed by atoms with van der Waals surface area (Å²) in [6.07, 6.45) is 7.49. The molecular weight excluding hydrogens is 393 g/mol. The molecule has 0 bridgehead atoms. The average Bonchev–Trinajstić information content (AvgIpc) is 2.45. The van der Waals surface area contributed by atoms with Gasteiger partial charge in [0.2, 0.25) is 0 Å². The Bertz CT molecular complexity index is 382. The number of rotatable bonds is 5. The highest BCUT2D eigenvalue weighted by molar-refractivity contribution is 14.0. The number of ether oxygens (including phenoxy) is 2. The molecule has 2 saturated carbocycles. The number of guanidine groups is 1. The van der Waals surface area contributed by atoms with Crippen LogP contribution in [0, 0.1) is 11.3 Å². The summed E-state index contributed by atoms with van der Waals surface area (Å²) >= 11 is 0. The van der Waals surface area contributed by atoms with Crippen molar-refractivity contribution in [3.05, 3.63) is 0 Å². The number of nitrogens with two attached hydrogens (primary N) is 1. The highest BCUT2D eigenvalue weighted by atomic mass is 127. The molecule has 1 spiro atoms. The minimum absolute atomic E-state index is 0. The number of nitrogens with one attached hydrogen (secondary N) is 1. The van der Waals surface area contributed by atoms with Crippen LogP contribution in [0.5, 0.6) is 0 Å². The lowest BCUT2D eigenvalue weighted by molar-refractivity contribution is -0.169. The van der Waals surface area contributed by atoms with Gasteiger partial charge in [0.05, 0.1) is 6.10 Å².